The first kappa shape index (κ1) is 22.0. The molecule has 2 saturated heterocycles. The van der Waals surface area contributed by atoms with E-state index in [-0.39, 0.29) is 41.2 Å². The molecule has 1 aromatic heterocycles. The number of aromatic nitrogens is 2. The van der Waals surface area contributed by atoms with Crippen LogP contribution in [0.2, 0.25) is 0 Å². The Bertz CT molecular complexity index is 1070. The van der Waals surface area contributed by atoms with E-state index in [1.165, 1.54) is 0 Å². The van der Waals surface area contributed by atoms with Gasteiger partial charge in [0.1, 0.15) is 18.3 Å². The SMILES string of the molecule is Fc1c(Br)c2c(c3c(OCC(F)(F)F)nc(OC[C@@]45CCCN4C[C@H](F)C5)nc13)COC2. The summed E-state index contributed by atoms with van der Waals surface area (Å²) in [6.45, 7) is -0.331. The summed E-state index contributed by atoms with van der Waals surface area (Å²) in [5.74, 6) is -1.19. The van der Waals surface area contributed by atoms with Crippen LogP contribution in [0.4, 0.5) is 22.0 Å². The summed E-state index contributed by atoms with van der Waals surface area (Å²) in [5.41, 5.74) is 0.201. The number of hydrogen-bond acceptors (Lipinski definition) is 6. The fraction of sp³-hybridized carbons (Fsp3) is 0.600. The first-order chi connectivity index (χ1) is 15.2. The van der Waals surface area contributed by atoms with Crippen molar-refractivity contribution in [1.82, 2.24) is 14.9 Å². The molecule has 0 bridgehead atoms. The predicted molar refractivity (Wildman–Crippen MR) is 106 cm³/mol. The first-order valence-corrected chi connectivity index (χ1v) is 11.0. The summed E-state index contributed by atoms with van der Waals surface area (Å²) in [6, 6.07) is -0.317. The van der Waals surface area contributed by atoms with E-state index in [1.54, 1.807) is 0 Å². The Morgan fingerprint density at radius 1 is 1.19 bits per heavy atom. The molecule has 5 rings (SSSR count). The number of halogens is 6. The number of alkyl halides is 4. The molecule has 174 valence electrons. The third-order valence-corrected chi connectivity index (χ3v) is 7.11. The second kappa shape index (κ2) is 7.91. The van der Waals surface area contributed by atoms with Gasteiger partial charge in [0, 0.05) is 18.5 Å². The van der Waals surface area contributed by atoms with Gasteiger partial charge in [-0.05, 0) is 40.9 Å². The minimum atomic E-state index is -4.62. The Balaban J connectivity index is 1.54. The van der Waals surface area contributed by atoms with Crippen LogP contribution in [0.15, 0.2) is 4.47 Å². The van der Waals surface area contributed by atoms with Gasteiger partial charge in [-0.15, -0.1) is 0 Å². The molecule has 1 aromatic carbocycles. The lowest BCUT2D eigenvalue weighted by atomic mass is 9.95. The van der Waals surface area contributed by atoms with Gasteiger partial charge in [0.15, 0.2) is 12.4 Å². The van der Waals surface area contributed by atoms with Crippen molar-refractivity contribution >= 4 is 26.8 Å². The fourth-order valence-electron chi connectivity index (χ4n) is 4.90. The van der Waals surface area contributed by atoms with Gasteiger partial charge < -0.3 is 14.2 Å². The quantitative estimate of drug-likeness (QED) is 0.539. The van der Waals surface area contributed by atoms with E-state index >= 15 is 4.39 Å². The normalized spacial score (nSPS) is 25.4. The van der Waals surface area contributed by atoms with Crippen molar-refractivity contribution in [3.05, 3.63) is 21.4 Å². The zero-order valence-electron chi connectivity index (χ0n) is 16.8. The molecule has 0 unspecified atom stereocenters. The molecule has 12 heteroatoms. The summed E-state index contributed by atoms with van der Waals surface area (Å²) in [6.07, 6.45) is -3.68. The van der Waals surface area contributed by atoms with Crippen molar-refractivity contribution in [3.8, 4) is 11.9 Å². The smallest absolute Gasteiger partial charge is 0.422 e. The highest BCUT2D eigenvalue weighted by atomic mass is 79.9. The predicted octanol–water partition coefficient (Wildman–Crippen LogP) is 4.46. The molecule has 0 amide bonds. The standard InChI is InChI=1S/C20H19BrF5N3O3/c21-14-12-7-30-6-11(12)13-16(15(14)23)27-18(28-17(13)31-9-20(24,25)26)32-8-19-2-1-3-29(19)5-10(22)4-19/h10H,1-9H2/t10-,19+/m1/s1. The van der Waals surface area contributed by atoms with Crippen LogP contribution in [0.3, 0.4) is 0 Å². The van der Waals surface area contributed by atoms with E-state index in [9.17, 15) is 17.6 Å². The van der Waals surface area contributed by atoms with Crippen LogP contribution < -0.4 is 9.47 Å². The number of benzene rings is 1. The van der Waals surface area contributed by atoms with E-state index < -0.39 is 36.2 Å². The Morgan fingerprint density at radius 3 is 2.75 bits per heavy atom. The van der Waals surface area contributed by atoms with E-state index in [0.717, 1.165) is 19.4 Å². The fourth-order valence-corrected chi connectivity index (χ4v) is 5.44. The monoisotopic (exact) mass is 523 g/mol. The maximum absolute atomic E-state index is 15.1. The number of hydrogen-bond donors (Lipinski definition) is 0. The Kier molecular flexibility index (Phi) is 5.44. The molecule has 0 radical (unpaired) electrons. The van der Waals surface area contributed by atoms with Crippen molar-refractivity contribution < 1.29 is 36.2 Å². The molecule has 0 spiro atoms. The van der Waals surface area contributed by atoms with Gasteiger partial charge in [0.05, 0.1) is 28.6 Å². The molecule has 2 fully saturated rings. The van der Waals surface area contributed by atoms with Crippen LogP contribution in [0, 0.1) is 5.82 Å². The summed E-state index contributed by atoms with van der Waals surface area (Å²) >= 11 is 3.18. The van der Waals surface area contributed by atoms with Gasteiger partial charge in [-0.3, -0.25) is 4.90 Å². The molecule has 3 aliphatic rings. The van der Waals surface area contributed by atoms with E-state index in [1.807, 2.05) is 4.90 Å². The molecule has 0 saturated carbocycles. The summed E-state index contributed by atoms with van der Waals surface area (Å²) in [5, 5.41) is 0.0279. The first-order valence-electron chi connectivity index (χ1n) is 10.2. The Labute approximate surface area is 188 Å². The number of fused-ring (bicyclic) bond motifs is 4. The topological polar surface area (TPSA) is 56.7 Å². The van der Waals surface area contributed by atoms with Crippen LogP contribution in [0.25, 0.3) is 10.9 Å². The number of nitrogens with zero attached hydrogens (tertiary/aromatic N) is 3. The largest absolute Gasteiger partial charge is 0.467 e. The van der Waals surface area contributed by atoms with Crippen molar-refractivity contribution in [2.75, 3.05) is 26.3 Å². The molecular weight excluding hydrogens is 505 g/mol. The van der Waals surface area contributed by atoms with Crippen LogP contribution in [0.1, 0.15) is 30.4 Å². The van der Waals surface area contributed by atoms with E-state index in [2.05, 4.69) is 25.9 Å². The van der Waals surface area contributed by atoms with Gasteiger partial charge in [0.2, 0.25) is 5.88 Å². The van der Waals surface area contributed by atoms with Gasteiger partial charge >= 0.3 is 12.2 Å². The molecule has 32 heavy (non-hydrogen) atoms. The zero-order chi connectivity index (χ0) is 22.7. The minimum absolute atomic E-state index is 0.0279. The van der Waals surface area contributed by atoms with Gasteiger partial charge in [0.25, 0.3) is 0 Å². The van der Waals surface area contributed by atoms with Crippen LogP contribution in [0.5, 0.6) is 11.9 Å². The third-order valence-electron chi connectivity index (χ3n) is 6.28. The van der Waals surface area contributed by atoms with Crippen molar-refractivity contribution in [2.24, 2.45) is 0 Å². The van der Waals surface area contributed by atoms with E-state index in [0.29, 0.717) is 24.1 Å². The molecule has 2 atom stereocenters. The molecule has 0 N–H and O–H groups in total. The van der Waals surface area contributed by atoms with E-state index in [4.69, 9.17) is 14.2 Å². The van der Waals surface area contributed by atoms with Gasteiger partial charge in [-0.25, -0.2) is 8.78 Å². The van der Waals surface area contributed by atoms with Crippen molar-refractivity contribution in [2.45, 2.75) is 50.4 Å². The average molecular weight is 524 g/mol. The lowest BCUT2D eigenvalue weighted by molar-refractivity contribution is -0.153. The molecular formula is C20H19BrF5N3O3. The molecule has 4 heterocycles. The lowest BCUT2D eigenvalue weighted by Crippen LogP contribution is -2.43. The minimum Gasteiger partial charge on any atom is -0.467 e. The second-order valence-electron chi connectivity index (χ2n) is 8.38. The van der Waals surface area contributed by atoms with Crippen LogP contribution >= 0.6 is 15.9 Å². The summed E-state index contributed by atoms with van der Waals surface area (Å²) < 4.78 is 83.8. The highest BCUT2D eigenvalue weighted by Crippen LogP contribution is 2.42. The molecule has 0 aliphatic carbocycles. The second-order valence-corrected chi connectivity index (χ2v) is 9.17. The average Bonchev–Trinajstić information content (AvgIpc) is 3.42. The van der Waals surface area contributed by atoms with Gasteiger partial charge in [-0.1, -0.05) is 0 Å². The highest BCUT2D eigenvalue weighted by molar-refractivity contribution is 9.10. The summed E-state index contributed by atoms with van der Waals surface area (Å²) in [4.78, 5) is 10.2. The maximum atomic E-state index is 15.1. The van der Waals surface area contributed by atoms with Crippen molar-refractivity contribution in [3.63, 3.8) is 0 Å². The third kappa shape index (κ3) is 3.79. The van der Waals surface area contributed by atoms with Crippen LogP contribution in [-0.2, 0) is 18.0 Å². The maximum Gasteiger partial charge on any atom is 0.422 e. The Morgan fingerprint density at radius 2 is 1.97 bits per heavy atom. The highest BCUT2D eigenvalue weighted by Gasteiger charge is 2.49. The molecule has 3 aliphatic heterocycles. The number of rotatable bonds is 5. The zero-order valence-corrected chi connectivity index (χ0v) is 18.4. The van der Waals surface area contributed by atoms with Crippen LogP contribution in [-0.4, -0.2) is 59.1 Å². The van der Waals surface area contributed by atoms with Crippen molar-refractivity contribution in [1.29, 1.82) is 0 Å². The summed E-state index contributed by atoms with van der Waals surface area (Å²) in [7, 11) is 0. The molecule has 6 nitrogen and oxygen atoms in total. The van der Waals surface area contributed by atoms with Gasteiger partial charge in [-0.2, -0.15) is 23.1 Å². The number of ether oxygens (including phenoxy) is 3. The Hall–Kier alpha value is -1.79. The molecule has 2 aromatic rings. The lowest BCUT2D eigenvalue weighted by Gasteiger charge is -2.30.